The molecule has 0 bridgehead atoms. The Hall–Kier alpha value is -0.870. The fourth-order valence-corrected chi connectivity index (χ4v) is 1.33. The summed E-state index contributed by atoms with van der Waals surface area (Å²) in [6, 6.07) is 0.445. The van der Waals surface area contributed by atoms with Crippen molar-refractivity contribution in [2.75, 3.05) is 13.1 Å². The Balaban J connectivity index is 2.16. The van der Waals surface area contributed by atoms with E-state index in [4.69, 9.17) is 4.42 Å². The summed E-state index contributed by atoms with van der Waals surface area (Å²) in [5, 5.41) is 6.76. The largest absolute Gasteiger partial charge is 0.447 e. The highest BCUT2D eigenvalue weighted by Crippen LogP contribution is 2.03. The second-order valence-corrected chi connectivity index (χ2v) is 3.85. The Bertz CT molecular complexity index is 273. The molecule has 4 nitrogen and oxygen atoms in total. The molecule has 0 aliphatic heterocycles. The molecule has 86 valence electrons. The molecule has 1 unspecified atom stereocenters. The topological polar surface area (TPSA) is 50.1 Å². The van der Waals surface area contributed by atoms with Gasteiger partial charge in [-0.2, -0.15) is 0 Å². The predicted molar refractivity (Wildman–Crippen MR) is 60.7 cm³/mol. The van der Waals surface area contributed by atoms with Gasteiger partial charge in [0.1, 0.15) is 5.76 Å². The Labute approximate surface area is 91.5 Å². The maximum atomic E-state index is 5.25. The quantitative estimate of drug-likeness (QED) is 0.670. The molecular weight excluding hydrogens is 190 g/mol. The minimum Gasteiger partial charge on any atom is -0.447 e. The van der Waals surface area contributed by atoms with E-state index in [1.165, 1.54) is 12.8 Å². The first-order valence-corrected chi connectivity index (χ1v) is 5.57. The molecule has 1 atom stereocenters. The van der Waals surface area contributed by atoms with Crippen LogP contribution in [0.15, 0.2) is 10.8 Å². The van der Waals surface area contributed by atoms with Crippen LogP contribution >= 0.6 is 0 Å². The zero-order chi connectivity index (χ0) is 11.1. The first-order chi connectivity index (χ1) is 7.24. The molecule has 4 heteroatoms. The summed E-state index contributed by atoms with van der Waals surface area (Å²) in [4.78, 5) is 4.05. The summed E-state index contributed by atoms with van der Waals surface area (Å²) in [6.45, 7) is 9.10. The van der Waals surface area contributed by atoms with Crippen molar-refractivity contribution >= 4 is 0 Å². The first-order valence-electron chi connectivity index (χ1n) is 5.57. The summed E-state index contributed by atoms with van der Waals surface area (Å²) in [5.74, 6) is 0.928. The van der Waals surface area contributed by atoms with E-state index in [-0.39, 0.29) is 0 Å². The van der Waals surface area contributed by atoms with E-state index in [2.05, 4.69) is 29.5 Å². The average Bonchev–Trinajstić information content (AvgIpc) is 2.61. The Morgan fingerprint density at radius 2 is 2.33 bits per heavy atom. The fourth-order valence-electron chi connectivity index (χ4n) is 1.33. The second-order valence-electron chi connectivity index (χ2n) is 3.85. The molecule has 1 rings (SSSR count). The number of nitrogens with zero attached hydrogens (tertiary/aromatic N) is 1. The van der Waals surface area contributed by atoms with Crippen molar-refractivity contribution < 1.29 is 4.42 Å². The minimum absolute atomic E-state index is 0.445. The monoisotopic (exact) mass is 211 g/mol. The molecule has 1 heterocycles. The molecule has 15 heavy (non-hydrogen) atoms. The van der Waals surface area contributed by atoms with Crippen molar-refractivity contribution in [1.82, 2.24) is 15.6 Å². The summed E-state index contributed by atoms with van der Waals surface area (Å²) in [5.41, 5.74) is 0.969. The van der Waals surface area contributed by atoms with Gasteiger partial charge >= 0.3 is 0 Å². The van der Waals surface area contributed by atoms with Crippen LogP contribution in [0.5, 0.6) is 0 Å². The van der Waals surface area contributed by atoms with Gasteiger partial charge in [-0.05, 0) is 26.8 Å². The van der Waals surface area contributed by atoms with Gasteiger partial charge in [0, 0.05) is 12.6 Å². The molecule has 1 aromatic rings. The molecule has 0 amide bonds. The lowest BCUT2D eigenvalue weighted by Gasteiger charge is -2.13. The minimum atomic E-state index is 0.445. The third-order valence-electron chi connectivity index (χ3n) is 2.33. The van der Waals surface area contributed by atoms with Crippen molar-refractivity contribution in [3.63, 3.8) is 0 Å². The number of rotatable bonds is 7. The van der Waals surface area contributed by atoms with Crippen molar-refractivity contribution in [2.24, 2.45) is 0 Å². The number of oxazole rings is 1. The lowest BCUT2D eigenvalue weighted by molar-refractivity contribution is 0.439. The van der Waals surface area contributed by atoms with Gasteiger partial charge in [-0.15, -0.1) is 0 Å². The van der Waals surface area contributed by atoms with Gasteiger partial charge in [-0.1, -0.05) is 6.92 Å². The lowest BCUT2D eigenvalue weighted by Crippen LogP contribution is -2.36. The van der Waals surface area contributed by atoms with Gasteiger partial charge in [0.15, 0.2) is 6.39 Å². The molecule has 1 aromatic heterocycles. The van der Waals surface area contributed by atoms with Crippen molar-refractivity contribution in [3.8, 4) is 0 Å². The number of aromatic nitrogens is 1. The van der Waals surface area contributed by atoms with Crippen LogP contribution in [-0.2, 0) is 6.54 Å². The number of hydrogen-bond acceptors (Lipinski definition) is 4. The van der Waals surface area contributed by atoms with Gasteiger partial charge in [0.2, 0.25) is 0 Å². The van der Waals surface area contributed by atoms with Crippen LogP contribution in [0.1, 0.15) is 31.7 Å². The molecule has 0 aliphatic carbocycles. The standard InChI is InChI=1S/C11H21N3O/c1-4-5-12-6-9(2)13-7-11-10(3)14-8-15-11/h8-9,12-13H,4-7H2,1-3H3. The van der Waals surface area contributed by atoms with Crippen LogP contribution in [0.25, 0.3) is 0 Å². The van der Waals surface area contributed by atoms with Crippen molar-refractivity contribution in [1.29, 1.82) is 0 Å². The molecule has 0 radical (unpaired) electrons. The molecule has 0 spiro atoms. The predicted octanol–water partition coefficient (Wildman–Crippen LogP) is 1.46. The zero-order valence-electron chi connectivity index (χ0n) is 9.84. The van der Waals surface area contributed by atoms with Gasteiger partial charge in [0.25, 0.3) is 0 Å². The molecule has 2 N–H and O–H groups in total. The van der Waals surface area contributed by atoms with Crippen LogP contribution in [0.2, 0.25) is 0 Å². The summed E-state index contributed by atoms with van der Waals surface area (Å²) >= 11 is 0. The van der Waals surface area contributed by atoms with Gasteiger partial charge in [-0.3, -0.25) is 0 Å². The smallest absolute Gasteiger partial charge is 0.181 e. The second kappa shape index (κ2) is 6.58. The third kappa shape index (κ3) is 4.44. The normalized spacial score (nSPS) is 13.0. The van der Waals surface area contributed by atoms with Gasteiger partial charge in [0.05, 0.1) is 12.2 Å². The molecule has 0 aliphatic rings. The molecule has 0 fully saturated rings. The Morgan fingerprint density at radius 1 is 1.53 bits per heavy atom. The third-order valence-corrected chi connectivity index (χ3v) is 2.33. The van der Waals surface area contributed by atoms with Crippen LogP contribution < -0.4 is 10.6 Å². The average molecular weight is 211 g/mol. The van der Waals surface area contributed by atoms with E-state index in [9.17, 15) is 0 Å². The summed E-state index contributed by atoms with van der Waals surface area (Å²) in [7, 11) is 0. The van der Waals surface area contributed by atoms with E-state index in [1.807, 2.05) is 6.92 Å². The van der Waals surface area contributed by atoms with E-state index in [1.54, 1.807) is 0 Å². The van der Waals surface area contributed by atoms with E-state index in [0.29, 0.717) is 6.04 Å². The van der Waals surface area contributed by atoms with Crippen LogP contribution in [0.3, 0.4) is 0 Å². The molecule has 0 saturated carbocycles. The van der Waals surface area contributed by atoms with Crippen LogP contribution in [0.4, 0.5) is 0 Å². The maximum Gasteiger partial charge on any atom is 0.181 e. The number of hydrogen-bond donors (Lipinski definition) is 2. The van der Waals surface area contributed by atoms with Gasteiger partial charge in [-0.25, -0.2) is 4.98 Å². The SMILES string of the molecule is CCCNCC(C)NCc1ocnc1C. The van der Waals surface area contributed by atoms with Crippen LogP contribution in [0, 0.1) is 6.92 Å². The highest BCUT2D eigenvalue weighted by Gasteiger charge is 2.05. The Kier molecular flexibility index (Phi) is 5.36. The van der Waals surface area contributed by atoms with E-state index < -0.39 is 0 Å². The number of nitrogens with one attached hydrogen (secondary N) is 2. The molecular formula is C11H21N3O. The van der Waals surface area contributed by atoms with Crippen molar-refractivity contribution in [3.05, 3.63) is 17.8 Å². The van der Waals surface area contributed by atoms with Crippen molar-refractivity contribution in [2.45, 2.75) is 39.8 Å². The zero-order valence-corrected chi connectivity index (χ0v) is 9.84. The molecule has 0 aromatic carbocycles. The van der Waals surface area contributed by atoms with Gasteiger partial charge < -0.3 is 15.1 Å². The first kappa shape index (κ1) is 12.2. The van der Waals surface area contributed by atoms with Crippen LogP contribution in [-0.4, -0.2) is 24.1 Å². The fraction of sp³-hybridized carbons (Fsp3) is 0.727. The highest BCUT2D eigenvalue weighted by atomic mass is 16.3. The Morgan fingerprint density at radius 3 is 2.93 bits per heavy atom. The molecule has 0 saturated heterocycles. The lowest BCUT2D eigenvalue weighted by atomic mass is 10.3. The maximum absolute atomic E-state index is 5.25. The summed E-state index contributed by atoms with van der Waals surface area (Å²) < 4.78 is 5.25. The van der Waals surface area contributed by atoms with E-state index in [0.717, 1.165) is 31.1 Å². The number of aryl methyl sites for hydroxylation is 1. The van der Waals surface area contributed by atoms with E-state index >= 15 is 0 Å². The summed E-state index contributed by atoms with van der Waals surface area (Å²) in [6.07, 6.45) is 2.67. The highest BCUT2D eigenvalue weighted by molar-refractivity contribution is 5.03.